The average molecular weight is 243 g/mol. The Labute approximate surface area is 106 Å². The van der Waals surface area contributed by atoms with Gasteiger partial charge < -0.3 is 5.11 Å². The van der Waals surface area contributed by atoms with E-state index in [1.807, 2.05) is 4.68 Å². The van der Waals surface area contributed by atoms with Gasteiger partial charge in [0.2, 0.25) is 0 Å². The Morgan fingerprint density at radius 2 is 1.89 bits per heavy atom. The number of hydrogen-bond donors (Lipinski definition) is 1. The normalized spacial score (nSPS) is 15.1. The minimum absolute atomic E-state index is 0.0311. The second-order valence-electron chi connectivity index (χ2n) is 5.11. The lowest BCUT2D eigenvalue weighted by Crippen LogP contribution is -2.03. The zero-order valence-electron chi connectivity index (χ0n) is 10.7. The molecular weight excluding hydrogens is 226 g/mol. The maximum atomic E-state index is 9.35. The van der Waals surface area contributed by atoms with Gasteiger partial charge in [-0.3, -0.25) is 0 Å². The lowest BCUT2D eigenvalue weighted by molar-refractivity contribution is 0.275. The lowest BCUT2D eigenvalue weighted by Gasteiger charge is -2.08. The molecule has 0 spiro atoms. The lowest BCUT2D eigenvalue weighted by atomic mass is 10.1. The number of aliphatic hydroxyl groups is 1. The van der Waals surface area contributed by atoms with Crippen molar-refractivity contribution in [3.05, 3.63) is 40.7 Å². The molecule has 18 heavy (non-hydrogen) atoms. The van der Waals surface area contributed by atoms with Crippen LogP contribution in [-0.2, 0) is 6.61 Å². The summed E-state index contributed by atoms with van der Waals surface area (Å²) in [6.45, 7) is 4.13. The quantitative estimate of drug-likeness (QED) is 0.899. The molecule has 1 N–H and O–H groups in total. The molecule has 0 aliphatic heterocycles. The predicted octanol–water partition coefficient (Wildman–Crippen LogP) is 2.25. The molecule has 1 aliphatic carbocycles. The van der Waals surface area contributed by atoms with E-state index in [-0.39, 0.29) is 6.61 Å². The highest BCUT2D eigenvalue weighted by Crippen LogP contribution is 2.42. The molecule has 0 unspecified atom stereocenters. The minimum Gasteiger partial charge on any atom is -0.390 e. The predicted molar refractivity (Wildman–Crippen MR) is 68.7 cm³/mol. The van der Waals surface area contributed by atoms with E-state index in [1.54, 1.807) is 0 Å². The smallest absolute Gasteiger partial charge is 0.112 e. The summed E-state index contributed by atoms with van der Waals surface area (Å²) >= 11 is 0. The molecule has 94 valence electrons. The second kappa shape index (κ2) is 4.21. The molecule has 1 fully saturated rings. The maximum absolute atomic E-state index is 9.35. The molecule has 1 saturated carbocycles. The fourth-order valence-corrected chi connectivity index (χ4v) is 2.46. The Morgan fingerprint density at radius 3 is 2.44 bits per heavy atom. The van der Waals surface area contributed by atoms with Crippen LogP contribution in [0.2, 0.25) is 0 Å². The van der Waals surface area contributed by atoms with Gasteiger partial charge in [0.15, 0.2) is 0 Å². The van der Waals surface area contributed by atoms with E-state index in [2.05, 4.69) is 42.4 Å². The summed E-state index contributed by atoms with van der Waals surface area (Å²) in [7, 11) is 0. The third-order valence-electron chi connectivity index (χ3n) is 3.34. The van der Waals surface area contributed by atoms with Crippen LogP contribution in [-0.4, -0.2) is 20.1 Å². The number of benzene rings is 1. The van der Waals surface area contributed by atoms with Crippen LogP contribution in [0.3, 0.4) is 0 Å². The van der Waals surface area contributed by atoms with Gasteiger partial charge in [-0.25, -0.2) is 4.68 Å². The van der Waals surface area contributed by atoms with E-state index in [0.29, 0.717) is 5.92 Å². The fraction of sp³-hybridized carbons (Fsp3) is 0.429. The first-order chi connectivity index (χ1) is 8.69. The van der Waals surface area contributed by atoms with E-state index in [1.165, 1.54) is 24.0 Å². The van der Waals surface area contributed by atoms with Gasteiger partial charge in [-0.2, -0.15) is 0 Å². The molecule has 0 radical (unpaired) electrons. The van der Waals surface area contributed by atoms with Crippen molar-refractivity contribution in [2.75, 3.05) is 0 Å². The zero-order chi connectivity index (χ0) is 12.7. The Morgan fingerprint density at radius 1 is 1.22 bits per heavy atom. The van der Waals surface area contributed by atoms with Gasteiger partial charge >= 0.3 is 0 Å². The molecule has 3 rings (SSSR count). The molecule has 0 amide bonds. The van der Waals surface area contributed by atoms with Crippen molar-refractivity contribution in [3.8, 4) is 5.69 Å². The standard InChI is InChI=1S/C14H17N3O/c1-9-5-10(2)7-12(6-9)17-14(11-3-4-11)13(8-18)15-16-17/h5-7,11,18H,3-4,8H2,1-2H3. The number of aryl methyl sites for hydroxylation is 2. The van der Waals surface area contributed by atoms with Crippen molar-refractivity contribution >= 4 is 0 Å². The monoisotopic (exact) mass is 243 g/mol. The third kappa shape index (κ3) is 1.93. The van der Waals surface area contributed by atoms with Crippen molar-refractivity contribution in [2.24, 2.45) is 0 Å². The van der Waals surface area contributed by atoms with Crippen LogP contribution in [0, 0.1) is 13.8 Å². The van der Waals surface area contributed by atoms with Crippen LogP contribution in [0.15, 0.2) is 18.2 Å². The van der Waals surface area contributed by atoms with Crippen molar-refractivity contribution in [1.29, 1.82) is 0 Å². The number of aliphatic hydroxyl groups excluding tert-OH is 1. The summed E-state index contributed by atoms with van der Waals surface area (Å²) in [5.74, 6) is 0.517. The van der Waals surface area contributed by atoms with Gasteiger partial charge in [0, 0.05) is 5.92 Å². The van der Waals surface area contributed by atoms with Crippen LogP contribution >= 0.6 is 0 Å². The van der Waals surface area contributed by atoms with E-state index in [4.69, 9.17) is 0 Å². The first-order valence-electron chi connectivity index (χ1n) is 6.33. The highest BCUT2D eigenvalue weighted by molar-refractivity contribution is 5.41. The number of rotatable bonds is 3. The number of aromatic nitrogens is 3. The van der Waals surface area contributed by atoms with Crippen molar-refractivity contribution in [2.45, 2.75) is 39.2 Å². The molecule has 1 aliphatic rings. The largest absolute Gasteiger partial charge is 0.390 e. The van der Waals surface area contributed by atoms with Gasteiger partial charge in [-0.05, 0) is 49.9 Å². The summed E-state index contributed by atoms with van der Waals surface area (Å²) in [4.78, 5) is 0. The van der Waals surface area contributed by atoms with E-state index < -0.39 is 0 Å². The van der Waals surface area contributed by atoms with E-state index in [9.17, 15) is 5.11 Å². The Kier molecular flexibility index (Phi) is 2.67. The second-order valence-corrected chi connectivity index (χ2v) is 5.11. The molecule has 1 heterocycles. The molecule has 1 aromatic carbocycles. The van der Waals surface area contributed by atoms with E-state index in [0.717, 1.165) is 17.1 Å². The van der Waals surface area contributed by atoms with Crippen LogP contribution in [0.1, 0.15) is 41.3 Å². The maximum Gasteiger partial charge on any atom is 0.112 e. The van der Waals surface area contributed by atoms with Crippen LogP contribution in [0.4, 0.5) is 0 Å². The number of hydrogen-bond acceptors (Lipinski definition) is 3. The summed E-state index contributed by atoms with van der Waals surface area (Å²) in [5, 5.41) is 17.7. The molecule has 0 saturated heterocycles. The highest BCUT2D eigenvalue weighted by Gasteiger charge is 2.31. The van der Waals surface area contributed by atoms with Crippen LogP contribution < -0.4 is 0 Å². The topological polar surface area (TPSA) is 50.9 Å². The van der Waals surface area contributed by atoms with E-state index >= 15 is 0 Å². The molecule has 2 aromatic rings. The minimum atomic E-state index is -0.0311. The first-order valence-corrected chi connectivity index (χ1v) is 6.33. The van der Waals surface area contributed by atoms with Crippen molar-refractivity contribution in [3.63, 3.8) is 0 Å². The van der Waals surface area contributed by atoms with Crippen molar-refractivity contribution < 1.29 is 5.11 Å². The summed E-state index contributed by atoms with van der Waals surface area (Å²) < 4.78 is 1.89. The summed E-state index contributed by atoms with van der Waals surface area (Å²) in [6.07, 6.45) is 2.34. The Hall–Kier alpha value is -1.68. The Bertz CT molecular complexity index is 564. The Balaban J connectivity index is 2.13. The van der Waals surface area contributed by atoms with Gasteiger partial charge in [0.1, 0.15) is 5.69 Å². The number of nitrogens with zero attached hydrogens (tertiary/aromatic N) is 3. The average Bonchev–Trinajstić information content (AvgIpc) is 3.07. The fourth-order valence-electron chi connectivity index (χ4n) is 2.46. The zero-order valence-corrected chi connectivity index (χ0v) is 10.7. The summed E-state index contributed by atoms with van der Waals surface area (Å²) in [6, 6.07) is 6.35. The van der Waals surface area contributed by atoms with Gasteiger partial charge in [-0.1, -0.05) is 11.3 Å². The van der Waals surface area contributed by atoms with Gasteiger partial charge in [0.05, 0.1) is 18.0 Å². The molecule has 4 heteroatoms. The molecular formula is C14H17N3O. The first kappa shape index (κ1) is 11.4. The van der Waals surface area contributed by atoms with Crippen molar-refractivity contribution in [1.82, 2.24) is 15.0 Å². The highest BCUT2D eigenvalue weighted by atomic mass is 16.3. The summed E-state index contributed by atoms with van der Waals surface area (Å²) in [5.41, 5.74) is 5.28. The van der Waals surface area contributed by atoms with Crippen LogP contribution in [0.5, 0.6) is 0 Å². The van der Waals surface area contributed by atoms with Crippen LogP contribution in [0.25, 0.3) is 5.69 Å². The molecule has 1 aromatic heterocycles. The van der Waals surface area contributed by atoms with Gasteiger partial charge in [-0.15, -0.1) is 5.10 Å². The van der Waals surface area contributed by atoms with Gasteiger partial charge in [0.25, 0.3) is 0 Å². The molecule has 0 atom stereocenters. The SMILES string of the molecule is Cc1cc(C)cc(-n2nnc(CO)c2C2CC2)c1. The molecule has 0 bridgehead atoms. The molecule has 4 nitrogen and oxygen atoms in total. The third-order valence-corrected chi connectivity index (χ3v) is 3.34.